The number of methoxy groups -OCH3 is 1. The molecule has 0 aliphatic heterocycles. The molecule has 0 aliphatic carbocycles. The van der Waals surface area contributed by atoms with Gasteiger partial charge in [-0.1, -0.05) is 61.5 Å². The van der Waals surface area contributed by atoms with Crippen LogP contribution in [0.15, 0.2) is 83.3 Å². The lowest BCUT2D eigenvalue weighted by Gasteiger charge is -2.16. The highest BCUT2D eigenvalue weighted by atomic mass is 16.5. The third-order valence-electron chi connectivity index (χ3n) is 5.33. The summed E-state index contributed by atoms with van der Waals surface area (Å²) in [6.45, 7) is 1.96. The van der Waals surface area contributed by atoms with Crippen molar-refractivity contribution >= 4 is 34.2 Å². The average molecular weight is 428 g/mol. The Hall–Kier alpha value is -4.06. The van der Waals surface area contributed by atoms with Gasteiger partial charge in [0.1, 0.15) is 17.0 Å². The lowest BCUT2D eigenvalue weighted by molar-refractivity contribution is -0.117. The van der Waals surface area contributed by atoms with E-state index in [0.29, 0.717) is 34.5 Å². The Kier molecular flexibility index (Phi) is 6.22. The number of para-hydroxylation sites is 3. The number of anilines is 2. The quantitative estimate of drug-likeness (QED) is 0.388. The van der Waals surface area contributed by atoms with E-state index >= 15 is 0 Å². The minimum Gasteiger partial charge on any atom is -0.495 e. The SMILES string of the molecule is CC[C@@H](C(=O)Nc1c(C(=O)Nc2ccccc2OC)oc2ccccc12)c1ccccc1. The summed E-state index contributed by atoms with van der Waals surface area (Å²) in [6.07, 6.45) is 0.619. The topological polar surface area (TPSA) is 80.6 Å². The summed E-state index contributed by atoms with van der Waals surface area (Å²) < 4.78 is 11.2. The van der Waals surface area contributed by atoms with Crippen molar-refractivity contribution in [2.75, 3.05) is 17.7 Å². The molecule has 0 fully saturated rings. The van der Waals surface area contributed by atoms with Crippen LogP contribution in [0.4, 0.5) is 11.4 Å². The zero-order valence-electron chi connectivity index (χ0n) is 17.9. The molecule has 1 aromatic heterocycles. The van der Waals surface area contributed by atoms with Crippen LogP contribution < -0.4 is 15.4 Å². The first-order valence-corrected chi connectivity index (χ1v) is 10.4. The minimum atomic E-state index is -0.478. The van der Waals surface area contributed by atoms with E-state index in [4.69, 9.17) is 9.15 Å². The number of furan rings is 1. The molecular formula is C26H24N2O4. The van der Waals surface area contributed by atoms with Crippen molar-refractivity contribution in [3.63, 3.8) is 0 Å². The van der Waals surface area contributed by atoms with Gasteiger partial charge in [-0.05, 0) is 36.2 Å². The molecule has 0 unspecified atom stereocenters. The molecule has 1 atom stereocenters. The number of ether oxygens (including phenoxy) is 1. The second kappa shape index (κ2) is 9.39. The van der Waals surface area contributed by atoms with Crippen LogP contribution in [-0.2, 0) is 4.79 Å². The van der Waals surface area contributed by atoms with Gasteiger partial charge in [0.15, 0.2) is 0 Å². The highest BCUT2D eigenvalue weighted by Gasteiger charge is 2.26. The summed E-state index contributed by atoms with van der Waals surface area (Å²) in [5.41, 5.74) is 2.29. The van der Waals surface area contributed by atoms with E-state index in [1.54, 1.807) is 24.3 Å². The fourth-order valence-corrected chi connectivity index (χ4v) is 3.72. The summed E-state index contributed by atoms with van der Waals surface area (Å²) in [4.78, 5) is 26.4. The van der Waals surface area contributed by atoms with Gasteiger partial charge in [0.2, 0.25) is 11.7 Å². The molecule has 32 heavy (non-hydrogen) atoms. The van der Waals surface area contributed by atoms with Crippen molar-refractivity contribution in [3.05, 3.63) is 90.2 Å². The number of amides is 2. The Bertz CT molecular complexity index is 1250. The number of benzene rings is 3. The van der Waals surface area contributed by atoms with E-state index in [0.717, 1.165) is 5.56 Å². The summed E-state index contributed by atoms with van der Waals surface area (Å²) in [5.74, 6) is -0.466. The summed E-state index contributed by atoms with van der Waals surface area (Å²) in [6, 6.07) is 23.9. The molecule has 0 radical (unpaired) electrons. The number of nitrogens with one attached hydrogen (secondary N) is 2. The van der Waals surface area contributed by atoms with Crippen LogP contribution in [0.1, 0.15) is 35.4 Å². The van der Waals surface area contributed by atoms with Crippen molar-refractivity contribution in [1.29, 1.82) is 0 Å². The van der Waals surface area contributed by atoms with Gasteiger partial charge < -0.3 is 19.8 Å². The number of hydrogen-bond donors (Lipinski definition) is 2. The van der Waals surface area contributed by atoms with Crippen LogP contribution >= 0.6 is 0 Å². The number of fused-ring (bicyclic) bond motifs is 1. The zero-order valence-corrected chi connectivity index (χ0v) is 17.9. The maximum Gasteiger partial charge on any atom is 0.293 e. The number of carbonyl (C=O) groups is 2. The molecule has 0 aliphatic rings. The van der Waals surface area contributed by atoms with Crippen LogP contribution in [0.3, 0.4) is 0 Å². The number of carbonyl (C=O) groups excluding carboxylic acids is 2. The van der Waals surface area contributed by atoms with Crippen molar-refractivity contribution in [2.24, 2.45) is 0 Å². The van der Waals surface area contributed by atoms with Crippen LogP contribution in [0, 0.1) is 0 Å². The second-order valence-corrected chi connectivity index (χ2v) is 7.32. The largest absolute Gasteiger partial charge is 0.495 e. The first kappa shape index (κ1) is 21.2. The van der Waals surface area contributed by atoms with Gasteiger partial charge in [0.25, 0.3) is 5.91 Å². The van der Waals surface area contributed by atoms with Crippen LogP contribution in [-0.4, -0.2) is 18.9 Å². The lowest BCUT2D eigenvalue weighted by Crippen LogP contribution is -2.22. The van der Waals surface area contributed by atoms with Crippen LogP contribution in [0.25, 0.3) is 11.0 Å². The monoisotopic (exact) mass is 428 g/mol. The molecule has 0 saturated heterocycles. The second-order valence-electron chi connectivity index (χ2n) is 7.32. The molecule has 2 amide bonds. The molecule has 6 nitrogen and oxygen atoms in total. The highest BCUT2D eigenvalue weighted by Crippen LogP contribution is 2.34. The average Bonchev–Trinajstić information content (AvgIpc) is 3.19. The van der Waals surface area contributed by atoms with Gasteiger partial charge in [0, 0.05) is 5.39 Å². The van der Waals surface area contributed by atoms with Gasteiger partial charge >= 0.3 is 0 Å². The van der Waals surface area contributed by atoms with Gasteiger partial charge in [0.05, 0.1) is 18.7 Å². The van der Waals surface area contributed by atoms with Crippen LogP contribution in [0.2, 0.25) is 0 Å². The first-order valence-electron chi connectivity index (χ1n) is 10.4. The van der Waals surface area contributed by atoms with Crippen molar-refractivity contribution in [3.8, 4) is 5.75 Å². The Morgan fingerprint density at radius 2 is 1.59 bits per heavy atom. The molecule has 0 spiro atoms. The Morgan fingerprint density at radius 1 is 0.906 bits per heavy atom. The lowest BCUT2D eigenvalue weighted by atomic mass is 9.95. The van der Waals surface area contributed by atoms with E-state index in [2.05, 4.69) is 10.6 Å². The highest BCUT2D eigenvalue weighted by molar-refractivity contribution is 6.15. The van der Waals surface area contributed by atoms with Crippen molar-refractivity contribution in [2.45, 2.75) is 19.3 Å². The van der Waals surface area contributed by atoms with Gasteiger partial charge in [-0.2, -0.15) is 0 Å². The Balaban J connectivity index is 1.69. The van der Waals surface area contributed by atoms with Gasteiger partial charge in [-0.25, -0.2) is 0 Å². The molecule has 2 N–H and O–H groups in total. The third-order valence-corrected chi connectivity index (χ3v) is 5.33. The molecule has 0 bridgehead atoms. The molecular weight excluding hydrogens is 404 g/mol. The predicted octanol–water partition coefficient (Wildman–Crippen LogP) is 5.83. The third kappa shape index (κ3) is 4.21. The zero-order chi connectivity index (χ0) is 22.5. The molecule has 0 saturated carbocycles. The molecule has 4 rings (SSSR count). The van der Waals surface area contributed by atoms with E-state index in [1.165, 1.54) is 7.11 Å². The van der Waals surface area contributed by atoms with E-state index < -0.39 is 5.91 Å². The fourth-order valence-electron chi connectivity index (χ4n) is 3.72. The van der Waals surface area contributed by atoms with Gasteiger partial charge in [-0.15, -0.1) is 0 Å². The van der Waals surface area contributed by atoms with Gasteiger partial charge in [-0.3, -0.25) is 9.59 Å². The Morgan fingerprint density at radius 3 is 2.34 bits per heavy atom. The maximum absolute atomic E-state index is 13.2. The summed E-state index contributed by atoms with van der Waals surface area (Å²) in [7, 11) is 1.53. The molecule has 6 heteroatoms. The van der Waals surface area contributed by atoms with Crippen LogP contribution in [0.5, 0.6) is 5.75 Å². The minimum absolute atomic E-state index is 0.0355. The predicted molar refractivity (Wildman–Crippen MR) is 125 cm³/mol. The van der Waals surface area contributed by atoms with Crippen molar-refractivity contribution < 1.29 is 18.7 Å². The van der Waals surface area contributed by atoms with E-state index in [-0.39, 0.29) is 17.6 Å². The van der Waals surface area contributed by atoms with E-state index in [1.807, 2.05) is 61.5 Å². The number of hydrogen-bond acceptors (Lipinski definition) is 4. The summed E-state index contributed by atoms with van der Waals surface area (Å²) in [5, 5.41) is 6.43. The maximum atomic E-state index is 13.2. The van der Waals surface area contributed by atoms with Crippen molar-refractivity contribution in [1.82, 2.24) is 0 Å². The summed E-state index contributed by atoms with van der Waals surface area (Å²) >= 11 is 0. The first-order chi connectivity index (χ1) is 15.6. The molecule has 162 valence electrons. The molecule has 1 heterocycles. The normalized spacial score (nSPS) is 11.7. The molecule has 3 aromatic carbocycles. The fraction of sp³-hybridized carbons (Fsp3) is 0.154. The number of rotatable bonds is 7. The molecule has 4 aromatic rings. The Labute approximate surface area is 186 Å². The van der Waals surface area contributed by atoms with E-state index in [9.17, 15) is 9.59 Å². The standard InChI is InChI=1S/C26H24N2O4/c1-3-18(17-11-5-4-6-12-17)25(29)28-23-19-13-7-9-15-21(19)32-24(23)26(30)27-20-14-8-10-16-22(20)31-2/h4-16,18H,3H2,1-2H3,(H,27,30)(H,28,29)/t18-/m1/s1. The smallest absolute Gasteiger partial charge is 0.293 e.